The number of hydrogen-bond donors (Lipinski definition) is 0. The fourth-order valence-electron chi connectivity index (χ4n) is 9.78. The molecule has 0 N–H and O–H groups in total. The highest BCUT2D eigenvalue weighted by Gasteiger charge is 2.22. The predicted octanol–water partition coefficient (Wildman–Crippen LogP) is 16.7. The van der Waals surface area contributed by atoms with Crippen molar-refractivity contribution in [3.05, 3.63) is 243 Å². The fourth-order valence-corrected chi connectivity index (χ4v) is 9.78. The Hall–Kier alpha value is -8.20. The van der Waals surface area contributed by atoms with Crippen LogP contribution in [0, 0.1) is 0 Å². The molecule has 1 aromatic heterocycles. The van der Waals surface area contributed by atoms with E-state index in [0.29, 0.717) is 0 Å². The summed E-state index contributed by atoms with van der Waals surface area (Å²) in [6.45, 7) is 0. The number of fused-ring (bicyclic) bond motifs is 7. The fraction of sp³-hybridized carbons (Fsp3) is 0. The normalized spacial score (nSPS) is 11.5. The summed E-state index contributed by atoms with van der Waals surface area (Å²) in [5, 5.41) is 9.95. The Kier molecular flexibility index (Phi) is 8.53. The summed E-state index contributed by atoms with van der Waals surface area (Å²) in [6.07, 6.45) is 0. The Labute approximate surface area is 360 Å². The highest BCUT2D eigenvalue weighted by atomic mass is 15.1. The van der Waals surface area contributed by atoms with E-state index in [0.717, 1.165) is 22.7 Å². The van der Waals surface area contributed by atoms with Crippen LogP contribution in [-0.2, 0) is 0 Å². The standard InChI is InChI=1S/C60H40N2/c1-3-16-41(17-4-1)50-27-13-19-44-20-14-29-55(60(44)50)53-24-9-11-30-57(53)61(47-37-39-59-56(40-47)54-25-10-12-31-58(54)62(59)45-21-5-2-6-22-45)46-35-32-43(33-36-46)49-26-15-28-51-48-23-8-7-18-42(48)34-38-52(49)51/h1-40H. The van der Waals surface area contributed by atoms with Gasteiger partial charge in [-0.15, -0.1) is 0 Å². The van der Waals surface area contributed by atoms with Crippen molar-refractivity contribution in [2.24, 2.45) is 0 Å². The van der Waals surface area contributed by atoms with Gasteiger partial charge in [-0.2, -0.15) is 0 Å². The van der Waals surface area contributed by atoms with E-state index >= 15 is 0 Å². The summed E-state index contributed by atoms with van der Waals surface area (Å²) in [6, 6.07) is 88.5. The number of aromatic nitrogens is 1. The maximum Gasteiger partial charge on any atom is 0.0542 e. The van der Waals surface area contributed by atoms with E-state index in [-0.39, 0.29) is 0 Å². The second kappa shape index (κ2) is 14.8. The first kappa shape index (κ1) is 35.7. The van der Waals surface area contributed by atoms with Crippen molar-refractivity contribution in [2.45, 2.75) is 0 Å². The molecule has 2 heteroatoms. The molecule has 0 aliphatic rings. The molecule has 1 heterocycles. The second-order valence-corrected chi connectivity index (χ2v) is 16.1. The Morgan fingerprint density at radius 3 is 1.71 bits per heavy atom. The molecule has 0 fully saturated rings. The summed E-state index contributed by atoms with van der Waals surface area (Å²) >= 11 is 0. The highest BCUT2D eigenvalue weighted by Crippen LogP contribution is 2.46. The highest BCUT2D eigenvalue weighted by molar-refractivity contribution is 6.14. The molecule has 0 amide bonds. The van der Waals surface area contributed by atoms with Gasteiger partial charge in [0.15, 0.2) is 0 Å². The third kappa shape index (κ3) is 5.88. The molecule has 0 aliphatic heterocycles. The minimum Gasteiger partial charge on any atom is -0.310 e. The van der Waals surface area contributed by atoms with Gasteiger partial charge in [-0.25, -0.2) is 0 Å². The van der Waals surface area contributed by atoms with Crippen molar-refractivity contribution >= 4 is 71.2 Å². The zero-order valence-corrected chi connectivity index (χ0v) is 34.0. The number of nitrogens with zero attached hydrogens (tertiary/aromatic N) is 2. The summed E-state index contributed by atoms with van der Waals surface area (Å²) in [4.78, 5) is 2.45. The maximum absolute atomic E-state index is 2.45. The third-order valence-electron chi connectivity index (χ3n) is 12.6. The van der Waals surface area contributed by atoms with E-state index in [9.17, 15) is 0 Å². The molecular formula is C60H40N2. The summed E-state index contributed by atoms with van der Waals surface area (Å²) in [5.74, 6) is 0. The number of rotatable bonds is 7. The Balaban J connectivity index is 1.08. The summed E-state index contributed by atoms with van der Waals surface area (Å²) in [7, 11) is 0. The van der Waals surface area contributed by atoms with Gasteiger partial charge in [-0.3, -0.25) is 0 Å². The number of anilines is 3. The first-order valence-electron chi connectivity index (χ1n) is 21.3. The van der Waals surface area contributed by atoms with Crippen LogP contribution in [0.1, 0.15) is 0 Å². The van der Waals surface area contributed by atoms with Crippen LogP contribution in [0.3, 0.4) is 0 Å². The van der Waals surface area contributed by atoms with Crippen LogP contribution in [-0.4, -0.2) is 4.57 Å². The lowest BCUT2D eigenvalue weighted by atomic mass is 9.90. The molecule has 12 rings (SSSR count). The van der Waals surface area contributed by atoms with Crippen molar-refractivity contribution in [2.75, 3.05) is 4.90 Å². The zero-order chi connectivity index (χ0) is 41.0. The van der Waals surface area contributed by atoms with Crippen LogP contribution in [0.5, 0.6) is 0 Å². The lowest BCUT2D eigenvalue weighted by Gasteiger charge is -2.29. The number of para-hydroxylation sites is 3. The minimum atomic E-state index is 1.08. The molecule has 12 aromatic rings. The molecule has 0 unspecified atom stereocenters. The molecule has 0 saturated heterocycles. The smallest absolute Gasteiger partial charge is 0.0542 e. The van der Waals surface area contributed by atoms with Gasteiger partial charge < -0.3 is 9.47 Å². The molecule has 11 aromatic carbocycles. The van der Waals surface area contributed by atoms with Crippen molar-refractivity contribution in [3.8, 4) is 39.1 Å². The summed E-state index contributed by atoms with van der Waals surface area (Å²) < 4.78 is 2.39. The van der Waals surface area contributed by atoms with Gasteiger partial charge in [0.1, 0.15) is 0 Å². The molecule has 0 aliphatic carbocycles. The van der Waals surface area contributed by atoms with Crippen LogP contribution in [0.25, 0.3) is 93.2 Å². The molecular weight excluding hydrogens is 749 g/mol. The van der Waals surface area contributed by atoms with Crippen LogP contribution in [0.4, 0.5) is 17.1 Å². The van der Waals surface area contributed by atoms with Crippen LogP contribution < -0.4 is 4.90 Å². The van der Waals surface area contributed by atoms with E-state index < -0.39 is 0 Å². The second-order valence-electron chi connectivity index (χ2n) is 16.1. The Morgan fingerprint density at radius 1 is 0.290 bits per heavy atom. The molecule has 0 spiro atoms. The molecule has 0 atom stereocenters. The Morgan fingerprint density at radius 2 is 0.871 bits per heavy atom. The van der Waals surface area contributed by atoms with E-state index in [2.05, 4.69) is 252 Å². The SMILES string of the molecule is c1ccc(-c2cccc3cccc(-c4ccccc4N(c4ccc(-c5cccc6c5ccc5ccccc56)cc4)c4ccc5c(c4)c4ccccc4n5-c4ccccc4)c23)cc1. The molecule has 0 radical (unpaired) electrons. The molecule has 0 saturated carbocycles. The van der Waals surface area contributed by atoms with Crippen molar-refractivity contribution < 1.29 is 0 Å². The van der Waals surface area contributed by atoms with Gasteiger partial charge in [0.2, 0.25) is 0 Å². The summed E-state index contributed by atoms with van der Waals surface area (Å²) in [5.41, 5.74) is 14.0. The number of hydrogen-bond acceptors (Lipinski definition) is 1. The average Bonchev–Trinajstić information content (AvgIpc) is 3.68. The average molecular weight is 789 g/mol. The Bertz CT molecular complexity index is 3620. The van der Waals surface area contributed by atoms with Gasteiger partial charge in [0.05, 0.1) is 16.7 Å². The monoisotopic (exact) mass is 788 g/mol. The van der Waals surface area contributed by atoms with Gasteiger partial charge in [-0.1, -0.05) is 188 Å². The molecule has 290 valence electrons. The molecule has 2 nitrogen and oxygen atoms in total. The largest absolute Gasteiger partial charge is 0.310 e. The van der Waals surface area contributed by atoms with E-state index in [4.69, 9.17) is 0 Å². The lowest BCUT2D eigenvalue weighted by molar-refractivity contribution is 1.18. The van der Waals surface area contributed by atoms with Crippen molar-refractivity contribution in [1.29, 1.82) is 0 Å². The van der Waals surface area contributed by atoms with Gasteiger partial charge in [0.25, 0.3) is 0 Å². The van der Waals surface area contributed by atoms with Gasteiger partial charge in [-0.05, 0) is 115 Å². The quantitative estimate of drug-likeness (QED) is 0.146. The zero-order valence-electron chi connectivity index (χ0n) is 34.0. The first-order chi connectivity index (χ1) is 30.8. The van der Waals surface area contributed by atoms with E-state index in [1.54, 1.807) is 0 Å². The third-order valence-corrected chi connectivity index (χ3v) is 12.6. The van der Waals surface area contributed by atoms with Gasteiger partial charge in [0, 0.05) is 33.4 Å². The lowest BCUT2D eigenvalue weighted by Crippen LogP contribution is -2.11. The van der Waals surface area contributed by atoms with E-state index in [1.807, 2.05) is 0 Å². The van der Waals surface area contributed by atoms with Crippen LogP contribution >= 0.6 is 0 Å². The first-order valence-corrected chi connectivity index (χ1v) is 21.3. The predicted molar refractivity (Wildman–Crippen MR) is 264 cm³/mol. The van der Waals surface area contributed by atoms with Gasteiger partial charge >= 0.3 is 0 Å². The van der Waals surface area contributed by atoms with Crippen LogP contribution in [0.15, 0.2) is 243 Å². The van der Waals surface area contributed by atoms with E-state index in [1.165, 1.54) is 87.5 Å². The topological polar surface area (TPSA) is 8.17 Å². The van der Waals surface area contributed by atoms with Crippen molar-refractivity contribution in [3.63, 3.8) is 0 Å². The van der Waals surface area contributed by atoms with Crippen LogP contribution in [0.2, 0.25) is 0 Å². The molecule has 0 bridgehead atoms. The molecule has 62 heavy (non-hydrogen) atoms. The van der Waals surface area contributed by atoms with Crippen molar-refractivity contribution in [1.82, 2.24) is 4.57 Å². The number of benzene rings is 11. The minimum absolute atomic E-state index is 1.08. The maximum atomic E-state index is 2.45.